The molecule has 1 saturated carbocycles. The maximum Gasteiger partial charge on any atom is 0.407 e. The Bertz CT molecular complexity index is 1020. The zero-order valence-corrected chi connectivity index (χ0v) is 20.2. The predicted octanol–water partition coefficient (Wildman–Crippen LogP) is 4.56. The number of ether oxygens (including phenoxy) is 1. The molecule has 35 heavy (non-hydrogen) atoms. The van der Waals surface area contributed by atoms with E-state index in [1.54, 1.807) is 6.92 Å². The Morgan fingerprint density at radius 2 is 1.54 bits per heavy atom. The molecular formula is C28H34N2O5. The molecule has 7 nitrogen and oxygen atoms in total. The van der Waals surface area contributed by atoms with Gasteiger partial charge in [-0.05, 0) is 34.6 Å². The third-order valence-corrected chi connectivity index (χ3v) is 7.31. The summed E-state index contributed by atoms with van der Waals surface area (Å²) in [6, 6.07) is 16.3. The molecule has 0 spiro atoms. The number of aliphatic carboxylic acids is 1. The Balaban J connectivity index is 1.22. The summed E-state index contributed by atoms with van der Waals surface area (Å²) in [6.07, 6.45) is 4.47. The third-order valence-electron chi connectivity index (χ3n) is 7.31. The van der Waals surface area contributed by atoms with E-state index < -0.39 is 23.9 Å². The van der Waals surface area contributed by atoms with Gasteiger partial charge in [-0.2, -0.15) is 0 Å². The minimum atomic E-state index is -0.874. The lowest BCUT2D eigenvalue weighted by Gasteiger charge is -2.19. The van der Waals surface area contributed by atoms with Crippen LogP contribution in [-0.2, 0) is 14.3 Å². The van der Waals surface area contributed by atoms with E-state index in [-0.39, 0.29) is 31.5 Å². The molecule has 2 atom stereocenters. The molecule has 2 aliphatic carbocycles. The van der Waals surface area contributed by atoms with Crippen LogP contribution in [0.1, 0.15) is 56.1 Å². The quantitative estimate of drug-likeness (QED) is 0.464. The molecule has 3 N–H and O–H groups in total. The normalized spacial score (nSPS) is 16.7. The van der Waals surface area contributed by atoms with Crippen molar-refractivity contribution in [1.82, 2.24) is 10.6 Å². The van der Waals surface area contributed by atoms with Crippen molar-refractivity contribution in [3.05, 3.63) is 59.7 Å². The van der Waals surface area contributed by atoms with Crippen LogP contribution in [0.4, 0.5) is 4.79 Å². The van der Waals surface area contributed by atoms with Gasteiger partial charge in [0.1, 0.15) is 6.61 Å². The average Bonchev–Trinajstić information content (AvgIpc) is 3.49. The van der Waals surface area contributed by atoms with E-state index in [0.29, 0.717) is 12.3 Å². The summed E-state index contributed by atoms with van der Waals surface area (Å²) in [5.74, 6) is -1.83. The van der Waals surface area contributed by atoms with Crippen molar-refractivity contribution in [2.75, 3.05) is 19.7 Å². The minimum absolute atomic E-state index is 0.0262. The first kappa shape index (κ1) is 24.8. The van der Waals surface area contributed by atoms with Crippen molar-refractivity contribution in [2.45, 2.75) is 44.9 Å². The van der Waals surface area contributed by atoms with Crippen LogP contribution in [0.3, 0.4) is 0 Å². The summed E-state index contributed by atoms with van der Waals surface area (Å²) < 4.78 is 5.51. The van der Waals surface area contributed by atoms with E-state index in [1.165, 1.54) is 0 Å². The summed E-state index contributed by atoms with van der Waals surface area (Å²) in [4.78, 5) is 36.4. The molecule has 2 aromatic rings. The second kappa shape index (κ2) is 11.4. The maximum absolute atomic E-state index is 12.5. The Morgan fingerprint density at radius 1 is 0.943 bits per heavy atom. The van der Waals surface area contributed by atoms with Gasteiger partial charge < -0.3 is 20.5 Å². The topological polar surface area (TPSA) is 105 Å². The average molecular weight is 479 g/mol. The summed E-state index contributed by atoms with van der Waals surface area (Å²) in [7, 11) is 0. The van der Waals surface area contributed by atoms with Crippen LogP contribution in [0.5, 0.6) is 0 Å². The molecule has 1 fully saturated rings. The molecule has 4 rings (SSSR count). The molecule has 0 saturated heterocycles. The fraction of sp³-hybridized carbons (Fsp3) is 0.464. The van der Waals surface area contributed by atoms with E-state index in [2.05, 4.69) is 34.9 Å². The van der Waals surface area contributed by atoms with Gasteiger partial charge in [0, 0.05) is 19.0 Å². The minimum Gasteiger partial charge on any atom is -0.481 e. The van der Waals surface area contributed by atoms with Crippen LogP contribution >= 0.6 is 0 Å². The highest BCUT2D eigenvalue weighted by molar-refractivity contribution is 5.81. The number of carboxylic acid groups (broad SMARTS) is 1. The third kappa shape index (κ3) is 6.02. The smallest absolute Gasteiger partial charge is 0.407 e. The number of hydrogen-bond donors (Lipinski definition) is 3. The molecule has 0 heterocycles. The standard InChI is InChI=1S/C28H34N2O5/c1-18(26(31)29-16-20(27(32)33)14-19-8-2-3-9-19)15-30-28(34)35-17-25-23-12-6-4-10-21(23)22-11-5-7-13-24(22)25/h4-7,10-13,18-20,25H,2-3,8-9,14-17H2,1H3,(H,29,31)(H,30,34)(H,32,33). The molecule has 2 aliphatic rings. The number of amides is 2. The number of alkyl carbamates (subject to hydrolysis) is 1. The highest BCUT2D eigenvalue weighted by Gasteiger charge is 2.29. The van der Waals surface area contributed by atoms with Gasteiger partial charge in [0.2, 0.25) is 5.91 Å². The van der Waals surface area contributed by atoms with Gasteiger partial charge >= 0.3 is 12.1 Å². The monoisotopic (exact) mass is 478 g/mol. The van der Waals surface area contributed by atoms with Gasteiger partial charge in [0.25, 0.3) is 0 Å². The number of carbonyl (C=O) groups excluding carboxylic acids is 2. The molecule has 2 unspecified atom stereocenters. The number of carbonyl (C=O) groups is 3. The molecule has 186 valence electrons. The Morgan fingerprint density at radius 3 is 2.14 bits per heavy atom. The first-order valence-corrected chi connectivity index (χ1v) is 12.5. The molecule has 2 amide bonds. The molecule has 2 aromatic carbocycles. The predicted molar refractivity (Wildman–Crippen MR) is 133 cm³/mol. The van der Waals surface area contributed by atoms with Crippen molar-refractivity contribution < 1.29 is 24.2 Å². The Labute approximate surface area is 206 Å². The molecular weight excluding hydrogens is 444 g/mol. The van der Waals surface area contributed by atoms with Crippen molar-refractivity contribution in [1.29, 1.82) is 0 Å². The van der Waals surface area contributed by atoms with Gasteiger partial charge in [-0.1, -0.05) is 81.1 Å². The van der Waals surface area contributed by atoms with Crippen molar-refractivity contribution in [3.63, 3.8) is 0 Å². The van der Waals surface area contributed by atoms with Crippen LogP contribution in [-0.4, -0.2) is 42.8 Å². The highest BCUT2D eigenvalue weighted by Crippen LogP contribution is 2.44. The van der Waals surface area contributed by atoms with E-state index >= 15 is 0 Å². The molecule has 0 aromatic heterocycles. The number of benzene rings is 2. The number of carboxylic acids is 1. The molecule has 0 aliphatic heterocycles. The van der Waals surface area contributed by atoms with Crippen LogP contribution in [0.2, 0.25) is 0 Å². The van der Waals surface area contributed by atoms with Gasteiger partial charge in [-0.25, -0.2) is 4.79 Å². The second-order valence-electron chi connectivity index (χ2n) is 9.77. The Hall–Kier alpha value is -3.35. The number of rotatable bonds is 10. The highest BCUT2D eigenvalue weighted by atomic mass is 16.5. The molecule has 0 radical (unpaired) electrons. The van der Waals surface area contributed by atoms with Crippen LogP contribution in [0.15, 0.2) is 48.5 Å². The lowest BCUT2D eigenvalue weighted by molar-refractivity contribution is -0.142. The van der Waals surface area contributed by atoms with E-state index in [1.807, 2.05) is 24.3 Å². The van der Waals surface area contributed by atoms with Crippen LogP contribution < -0.4 is 10.6 Å². The largest absolute Gasteiger partial charge is 0.481 e. The lowest BCUT2D eigenvalue weighted by Crippen LogP contribution is -2.41. The van der Waals surface area contributed by atoms with Crippen LogP contribution in [0.25, 0.3) is 11.1 Å². The van der Waals surface area contributed by atoms with Crippen molar-refractivity contribution in [2.24, 2.45) is 17.8 Å². The van der Waals surface area contributed by atoms with E-state index in [9.17, 15) is 19.5 Å². The number of nitrogens with one attached hydrogen (secondary N) is 2. The second-order valence-corrected chi connectivity index (χ2v) is 9.77. The lowest BCUT2D eigenvalue weighted by atomic mass is 9.93. The number of hydrogen-bond acceptors (Lipinski definition) is 4. The van der Waals surface area contributed by atoms with E-state index in [0.717, 1.165) is 47.9 Å². The fourth-order valence-corrected chi connectivity index (χ4v) is 5.30. The fourth-order valence-electron chi connectivity index (χ4n) is 5.30. The SMILES string of the molecule is CC(CNC(=O)OCC1c2ccccc2-c2ccccc21)C(=O)NCC(CC1CCCC1)C(=O)O. The molecule has 7 heteroatoms. The number of fused-ring (bicyclic) bond motifs is 3. The maximum atomic E-state index is 12.5. The van der Waals surface area contributed by atoms with Gasteiger partial charge in [0.15, 0.2) is 0 Å². The van der Waals surface area contributed by atoms with Crippen molar-refractivity contribution >= 4 is 18.0 Å². The van der Waals surface area contributed by atoms with Crippen molar-refractivity contribution in [3.8, 4) is 11.1 Å². The summed E-state index contributed by atoms with van der Waals surface area (Å²) in [6.45, 7) is 2.14. The molecule has 0 bridgehead atoms. The van der Waals surface area contributed by atoms with Gasteiger partial charge in [-0.3, -0.25) is 9.59 Å². The summed E-state index contributed by atoms with van der Waals surface area (Å²) in [5, 5.41) is 14.9. The van der Waals surface area contributed by atoms with Gasteiger partial charge in [0.05, 0.1) is 11.8 Å². The first-order valence-electron chi connectivity index (χ1n) is 12.5. The van der Waals surface area contributed by atoms with E-state index in [4.69, 9.17) is 4.74 Å². The first-order chi connectivity index (χ1) is 16.9. The Kier molecular flexibility index (Phi) is 8.06. The van der Waals surface area contributed by atoms with Crippen LogP contribution in [0, 0.1) is 17.8 Å². The zero-order chi connectivity index (χ0) is 24.8. The zero-order valence-electron chi connectivity index (χ0n) is 20.2. The summed E-state index contributed by atoms with van der Waals surface area (Å²) >= 11 is 0. The summed E-state index contributed by atoms with van der Waals surface area (Å²) in [5.41, 5.74) is 4.60. The van der Waals surface area contributed by atoms with Gasteiger partial charge in [-0.15, -0.1) is 0 Å².